The number of ether oxygens (including phenoxy) is 1. The summed E-state index contributed by atoms with van der Waals surface area (Å²) in [6.45, 7) is 11.3. The van der Waals surface area contributed by atoms with Crippen molar-refractivity contribution in [2.24, 2.45) is 22.1 Å². The van der Waals surface area contributed by atoms with Gasteiger partial charge in [0.15, 0.2) is 5.96 Å². The highest BCUT2D eigenvalue weighted by Gasteiger charge is 2.58. The molecule has 1 amide bonds. The number of methoxy groups -OCH3 is 1. The summed E-state index contributed by atoms with van der Waals surface area (Å²) in [5, 5.41) is 3.66. The Kier molecular flexibility index (Phi) is 5.78. The van der Waals surface area contributed by atoms with Crippen LogP contribution in [0.2, 0.25) is 0 Å². The number of likely N-dealkylation sites (tertiary alicyclic amines) is 1. The number of primary amides is 1. The molecule has 2 fully saturated rings. The highest BCUT2D eigenvalue weighted by molar-refractivity contribution is 5.81. The van der Waals surface area contributed by atoms with E-state index in [4.69, 9.17) is 15.5 Å². The maximum atomic E-state index is 11.2. The highest BCUT2D eigenvalue weighted by Crippen LogP contribution is 2.51. The summed E-state index contributed by atoms with van der Waals surface area (Å²) in [5.74, 6) is 1.08. The fourth-order valence-corrected chi connectivity index (χ4v) is 3.97. The third-order valence-corrected chi connectivity index (χ3v) is 6.20. The van der Waals surface area contributed by atoms with Crippen molar-refractivity contribution in [3.8, 4) is 0 Å². The number of nitrogens with zero attached hydrogens (tertiary/aromatic N) is 2. The SMILES string of the molecule is CCN=C(NC1CC(C)(OC)C1(C)C)N1CCCC(CC(N)=O)C1. The van der Waals surface area contributed by atoms with Crippen molar-refractivity contribution < 1.29 is 9.53 Å². The monoisotopic (exact) mass is 338 g/mol. The van der Waals surface area contributed by atoms with Crippen molar-refractivity contribution in [2.75, 3.05) is 26.7 Å². The molecule has 138 valence electrons. The van der Waals surface area contributed by atoms with Gasteiger partial charge in [0.1, 0.15) is 0 Å². The van der Waals surface area contributed by atoms with Gasteiger partial charge in [0.2, 0.25) is 5.91 Å². The second-order valence-corrected chi connectivity index (χ2v) is 7.98. The minimum atomic E-state index is -0.209. The first-order valence-corrected chi connectivity index (χ1v) is 9.13. The van der Waals surface area contributed by atoms with Crippen LogP contribution in [0, 0.1) is 11.3 Å². The van der Waals surface area contributed by atoms with Crippen LogP contribution in [-0.4, -0.2) is 55.2 Å². The molecule has 6 heteroatoms. The first-order chi connectivity index (χ1) is 11.2. The van der Waals surface area contributed by atoms with Crippen LogP contribution in [0.15, 0.2) is 4.99 Å². The van der Waals surface area contributed by atoms with Gasteiger partial charge in [-0.05, 0) is 39.0 Å². The summed E-state index contributed by atoms with van der Waals surface area (Å²) < 4.78 is 5.72. The van der Waals surface area contributed by atoms with E-state index in [1.54, 1.807) is 7.11 Å². The zero-order chi connectivity index (χ0) is 18.0. The Bertz CT molecular complexity index is 491. The van der Waals surface area contributed by atoms with Gasteiger partial charge in [-0.25, -0.2) is 0 Å². The van der Waals surface area contributed by atoms with E-state index in [0.717, 1.165) is 44.9 Å². The Morgan fingerprint density at radius 1 is 1.42 bits per heavy atom. The molecule has 2 aliphatic rings. The van der Waals surface area contributed by atoms with E-state index < -0.39 is 0 Å². The van der Waals surface area contributed by atoms with Gasteiger partial charge in [0.05, 0.1) is 5.60 Å². The van der Waals surface area contributed by atoms with Crippen LogP contribution in [-0.2, 0) is 9.53 Å². The Balaban J connectivity index is 2.03. The number of rotatable bonds is 5. The fraction of sp³-hybridized carbons (Fsp3) is 0.889. The van der Waals surface area contributed by atoms with Crippen molar-refractivity contribution in [1.82, 2.24) is 10.2 Å². The van der Waals surface area contributed by atoms with Gasteiger partial charge < -0.3 is 20.7 Å². The molecular formula is C18H34N4O2. The maximum absolute atomic E-state index is 11.2. The summed E-state index contributed by atoms with van der Waals surface area (Å²) in [6, 6.07) is 0.337. The van der Waals surface area contributed by atoms with Crippen molar-refractivity contribution >= 4 is 11.9 Å². The summed E-state index contributed by atoms with van der Waals surface area (Å²) in [7, 11) is 1.79. The molecule has 1 aliphatic heterocycles. The average Bonchev–Trinajstić information content (AvgIpc) is 2.53. The standard InChI is InChI=1S/C18H34N4O2/c1-6-20-16(21-14-11-18(4,24-5)17(14,2)3)22-9-7-8-13(12-22)10-15(19)23/h13-14H,6-12H2,1-5H3,(H2,19,23)(H,20,21). The lowest BCUT2D eigenvalue weighted by Crippen LogP contribution is -2.70. The van der Waals surface area contributed by atoms with E-state index >= 15 is 0 Å². The van der Waals surface area contributed by atoms with Crippen LogP contribution < -0.4 is 11.1 Å². The number of nitrogens with two attached hydrogens (primary N) is 1. The van der Waals surface area contributed by atoms with E-state index in [1.165, 1.54) is 0 Å². The van der Waals surface area contributed by atoms with Crippen LogP contribution in [0.4, 0.5) is 0 Å². The Morgan fingerprint density at radius 3 is 2.67 bits per heavy atom. The summed E-state index contributed by atoms with van der Waals surface area (Å²) in [5.41, 5.74) is 5.32. The average molecular weight is 338 g/mol. The van der Waals surface area contributed by atoms with E-state index in [0.29, 0.717) is 18.4 Å². The molecule has 6 nitrogen and oxygen atoms in total. The van der Waals surface area contributed by atoms with Crippen molar-refractivity contribution in [1.29, 1.82) is 0 Å². The second-order valence-electron chi connectivity index (χ2n) is 7.98. The lowest BCUT2D eigenvalue weighted by Gasteiger charge is -2.59. The van der Waals surface area contributed by atoms with Gasteiger partial charge in [-0.1, -0.05) is 13.8 Å². The smallest absolute Gasteiger partial charge is 0.217 e. The van der Waals surface area contributed by atoms with Crippen molar-refractivity contribution in [3.05, 3.63) is 0 Å². The van der Waals surface area contributed by atoms with Gasteiger partial charge in [-0.15, -0.1) is 0 Å². The molecule has 0 bridgehead atoms. The number of carbonyl (C=O) groups is 1. The molecule has 3 atom stereocenters. The number of piperidine rings is 1. The summed E-state index contributed by atoms with van der Waals surface area (Å²) in [6.07, 6.45) is 3.58. The molecule has 0 spiro atoms. The zero-order valence-corrected chi connectivity index (χ0v) is 15.9. The summed E-state index contributed by atoms with van der Waals surface area (Å²) >= 11 is 0. The molecule has 1 saturated carbocycles. The third kappa shape index (κ3) is 3.68. The van der Waals surface area contributed by atoms with Crippen LogP contribution in [0.3, 0.4) is 0 Å². The normalized spacial score (nSPS) is 33.0. The van der Waals surface area contributed by atoms with Gasteiger partial charge in [-0.2, -0.15) is 0 Å². The molecular weight excluding hydrogens is 304 g/mol. The number of amides is 1. The van der Waals surface area contributed by atoms with Gasteiger partial charge in [0, 0.05) is 44.6 Å². The highest BCUT2D eigenvalue weighted by atomic mass is 16.5. The maximum Gasteiger partial charge on any atom is 0.217 e. The summed E-state index contributed by atoms with van der Waals surface area (Å²) in [4.78, 5) is 18.2. The van der Waals surface area contributed by atoms with Gasteiger partial charge in [-0.3, -0.25) is 9.79 Å². The number of hydrogen-bond acceptors (Lipinski definition) is 3. The Hall–Kier alpha value is -1.30. The van der Waals surface area contributed by atoms with Crippen molar-refractivity contribution in [3.63, 3.8) is 0 Å². The number of hydrogen-bond donors (Lipinski definition) is 2. The number of guanidine groups is 1. The third-order valence-electron chi connectivity index (χ3n) is 6.20. The van der Waals surface area contributed by atoms with E-state index in [1.807, 2.05) is 0 Å². The first kappa shape index (κ1) is 19.0. The lowest BCUT2D eigenvalue weighted by molar-refractivity contribution is -0.177. The van der Waals surface area contributed by atoms with Crippen LogP contribution in [0.1, 0.15) is 53.4 Å². The predicted octanol–water partition coefficient (Wildman–Crippen LogP) is 1.74. The number of carbonyl (C=O) groups excluding carboxylic acids is 1. The molecule has 0 aromatic rings. The first-order valence-electron chi connectivity index (χ1n) is 9.13. The largest absolute Gasteiger partial charge is 0.378 e. The molecule has 1 saturated heterocycles. The van der Waals surface area contributed by atoms with Crippen LogP contribution in [0.5, 0.6) is 0 Å². The van der Waals surface area contributed by atoms with E-state index in [9.17, 15) is 4.79 Å². The number of aliphatic imine (C=N–C) groups is 1. The van der Waals surface area contributed by atoms with Crippen LogP contribution in [0.25, 0.3) is 0 Å². The van der Waals surface area contributed by atoms with Gasteiger partial charge in [0.25, 0.3) is 0 Å². The predicted molar refractivity (Wildman–Crippen MR) is 96.8 cm³/mol. The minimum absolute atomic E-state index is 0.0404. The molecule has 0 radical (unpaired) electrons. The molecule has 3 N–H and O–H groups in total. The Labute approximate surface area is 146 Å². The minimum Gasteiger partial charge on any atom is -0.378 e. The van der Waals surface area contributed by atoms with Crippen LogP contribution >= 0.6 is 0 Å². The molecule has 3 unspecified atom stereocenters. The van der Waals surface area contributed by atoms with Gasteiger partial charge >= 0.3 is 0 Å². The second kappa shape index (κ2) is 7.30. The quantitative estimate of drug-likeness (QED) is 0.591. The zero-order valence-electron chi connectivity index (χ0n) is 15.9. The molecule has 0 aromatic carbocycles. The lowest BCUT2D eigenvalue weighted by atomic mass is 9.56. The topological polar surface area (TPSA) is 80.0 Å². The van der Waals surface area contributed by atoms with Crippen molar-refractivity contribution in [2.45, 2.75) is 65.0 Å². The molecule has 0 aromatic heterocycles. The number of nitrogens with one attached hydrogen (secondary N) is 1. The molecule has 2 rings (SSSR count). The molecule has 1 heterocycles. The van der Waals surface area contributed by atoms with E-state index in [2.05, 4.69) is 37.9 Å². The van der Waals surface area contributed by atoms with E-state index in [-0.39, 0.29) is 16.9 Å². The molecule has 1 aliphatic carbocycles. The fourth-order valence-electron chi connectivity index (χ4n) is 3.97. The molecule has 24 heavy (non-hydrogen) atoms. The Morgan fingerprint density at radius 2 is 2.12 bits per heavy atom.